The van der Waals surface area contributed by atoms with Crippen molar-refractivity contribution in [3.05, 3.63) is 22.8 Å². The van der Waals surface area contributed by atoms with Gasteiger partial charge >= 0.3 is 0 Å². The van der Waals surface area contributed by atoms with Crippen LogP contribution in [0, 0.1) is 39.4 Å². The SMILES string of the molecule is CC1(C)[C@H]2CC[C@@]1(C)C1=C2[C@@H]2C(=C1)[C@@]1(C)CC[C@H]2CC1(C)C. The minimum Gasteiger partial charge on any atom is -0.0591 e. The highest BCUT2D eigenvalue weighted by Crippen LogP contribution is 2.77. The van der Waals surface area contributed by atoms with Crippen LogP contribution in [-0.4, -0.2) is 0 Å². The number of fused-ring (bicyclic) bond motifs is 6. The first-order chi connectivity index (χ1) is 10.1. The number of hydrogen-bond donors (Lipinski definition) is 0. The zero-order valence-electron chi connectivity index (χ0n) is 15.3. The summed E-state index contributed by atoms with van der Waals surface area (Å²) in [5, 5.41) is 0. The molecule has 0 amide bonds. The highest BCUT2D eigenvalue weighted by atomic mass is 14.7. The topological polar surface area (TPSA) is 0 Å². The van der Waals surface area contributed by atoms with E-state index in [4.69, 9.17) is 0 Å². The molecule has 0 radical (unpaired) electrons. The molecule has 5 atom stereocenters. The van der Waals surface area contributed by atoms with E-state index in [0.29, 0.717) is 21.7 Å². The van der Waals surface area contributed by atoms with Crippen LogP contribution in [0.15, 0.2) is 22.8 Å². The van der Waals surface area contributed by atoms with Crippen molar-refractivity contribution in [2.24, 2.45) is 39.4 Å². The van der Waals surface area contributed by atoms with Gasteiger partial charge in [0.15, 0.2) is 0 Å². The Kier molecular flexibility index (Phi) is 2.17. The summed E-state index contributed by atoms with van der Waals surface area (Å²) in [6.07, 6.45) is 9.97. The quantitative estimate of drug-likeness (QED) is 0.503. The average Bonchev–Trinajstić information content (AvgIpc) is 2.97. The van der Waals surface area contributed by atoms with Crippen LogP contribution in [0.4, 0.5) is 0 Å². The van der Waals surface area contributed by atoms with Crippen LogP contribution in [0.3, 0.4) is 0 Å². The fraction of sp³-hybridized carbons (Fsp3) is 0.818. The molecule has 6 aliphatic carbocycles. The molecule has 4 saturated carbocycles. The number of hydrogen-bond acceptors (Lipinski definition) is 0. The molecule has 0 heteroatoms. The van der Waals surface area contributed by atoms with Gasteiger partial charge in [-0.25, -0.2) is 0 Å². The predicted molar refractivity (Wildman–Crippen MR) is 92.4 cm³/mol. The molecule has 0 spiro atoms. The molecule has 0 aromatic heterocycles. The van der Waals surface area contributed by atoms with E-state index in [-0.39, 0.29) is 0 Å². The maximum atomic E-state index is 2.74. The molecule has 0 N–H and O–H groups in total. The molecule has 0 aromatic rings. The molecule has 0 saturated heterocycles. The van der Waals surface area contributed by atoms with E-state index in [1.807, 2.05) is 16.7 Å². The Hall–Kier alpha value is -0.520. The highest BCUT2D eigenvalue weighted by molar-refractivity contribution is 5.57. The lowest BCUT2D eigenvalue weighted by Gasteiger charge is -2.61. The molecular formula is C22H32. The first-order valence-corrected chi connectivity index (χ1v) is 9.60. The van der Waals surface area contributed by atoms with Gasteiger partial charge in [-0.2, -0.15) is 0 Å². The van der Waals surface area contributed by atoms with Gasteiger partial charge in [0.25, 0.3) is 0 Å². The second-order valence-corrected chi connectivity index (χ2v) is 10.8. The van der Waals surface area contributed by atoms with Crippen molar-refractivity contribution >= 4 is 0 Å². The zero-order chi connectivity index (χ0) is 15.7. The van der Waals surface area contributed by atoms with Gasteiger partial charge < -0.3 is 0 Å². The minimum atomic E-state index is 0.455. The minimum absolute atomic E-state index is 0.455. The highest BCUT2D eigenvalue weighted by Gasteiger charge is 2.67. The molecule has 0 unspecified atom stereocenters. The van der Waals surface area contributed by atoms with Crippen molar-refractivity contribution in [3.63, 3.8) is 0 Å². The fourth-order valence-corrected chi connectivity index (χ4v) is 7.70. The summed E-state index contributed by atoms with van der Waals surface area (Å²) < 4.78 is 0. The summed E-state index contributed by atoms with van der Waals surface area (Å²) in [4.78, 5) is 0. The van der Waals surface area contributed by atoms with E-state index in [2.05, 4.69) is 47.6 Å². The molecule has 6 aliphatic rings. The molecule has 4 fully saturated rings. The van der Waals surface area contributed by atoms with E-state index < -0.39 is 0 Å². The van der Waals surface area contributed by atoms with Crippen LogP contribution in [0.2, 0.25) is 0 Å². The van der Waals surface area contributed by atoms with Crippen molar-refractivity contribution in [2.45, 2.75) is 73.6 Å². The molecular weight excluding hydrogens is 264 g/mol. The number of allylic oxidation sites excluding steroid dienone is 4. The van der Waals surface area contributed by atoms with Crippen molar-refractivity contribution in [2.75, 3.05) is 0 Å². The second kappa shape index (κ2) is 3.45. The molecule has 0 aliphatic heterocycles. The molecule has 120 valence electrons. The Balaban J connectivity index is 1.71. The number of rotatable bonds is 0. The Morgan fingerprint density at radius 3 is 2.27 bits per heavy atom. The van der Waals surface area contributed by atoms with Crippen molar-refractivity contribution < 1.29 is 0 Å². The van der Waals surface area contributed by atoms with Gasteiger partial charge in [-0.1, -0.05) is 58.8 Å². The third kappa shape index (κ3) is 1.14. The van der Waals surface area contributed by atoms with Gasteiger partial charge in [0, 0.05) is 5.92 Å². The maximum absolute atomic E-state index is 2.74. The lowest BCUT2D eigenvalue weighted by Crippen LogP contribution is -2.52. The van der Waals surface area contributed by atoms with Crippen LogP contribution < -0.4 is 0 Å². The van der Waals surface area contributed by atoms with Gasteiger partial charge in [-0.3, -0.25) is 0 Å². The van der Waals surface area contributed by atoms with Gasteiger partial charge in [-0.15, -0.1) is 0 Å². The van der Waals surface area contributed by atoms with E-state index in [0.717, 1.165) is 17.8 Å². The second-order valence-electron chi connectivity index (χ2n) is 10.8. The van der Waals surface area contributed by atoms with E-state index in [1.165, 1.54) is 32.1 Å². The Labute approximate surface area is 136 Å². The summed E-state index contributed by atoms with van der Waals surface area (Å²) in [5.41, 5.74) is 7.50. The van der Waals surface area contributed by atoms with E-state index >= 15 is 0 Å². The summed E-state index contributed by atoms with van der Waals surface area (Å²) in [7, 11) is 0. The van der Waals surface area contributed by atoms with Crippen LogP contribution in [0.25, 0.3) is 0 Å². The molecule has 6 rings (SSSR count). The van der Waals surface area contributed by atoms with E-state index in [9.17, 15) is 0 Å². The monoisotopic (exact) mass is 296 g/mol. The van der Waals surface area contributed by atoms with Gasteiger partial charge in [-0.05, 0) is 71.2 Å². The predicted octanol–water partition coefficient (Wildman–Crippen LogP) is 6.14. The Morgan fingerprint density at radius 2 is 1.59 bits per heavy atom. The zero-order valence-corrected chi connectivity index (χ0v) is 15.3. The third-order valence-corrected chi connectivity index (χ3v) is 9.87. The van der Waals surface area contributed by atoms with Crippen molar-refractivity contribution in [3.8, 4) is 0 Å². The summed E-state index contributed by atoms with van der Waals surface area (Å²) >= 11 is 0. The molecule has 0 nitrogen and oxygen atoms in total. The average molecular weight is 296 g/mol. The molecule has 0 heterocycles. The first kappa shape index (κ1) is 13.9. The molecule has 22 heavy (non-hydrogen) atoms. The summed E-state index contributed by atoms with van der Waals surface area (Å²) in [5.74, 6) is 2.65. The van der Waals surface area contributed by atoms with Crippen LogP contribution in [-0.2, 0) is 0 Å². The first-order valence-electron chi connectivity index (χ1n) is 9.60. The van der Waals surface area contributed by atoms with Crippen molar-refractivity contribution in [1.29, 1.82) is 0 Å². The van der Waals surface area contributed by atoms with E-state index in [1.54, 1.807) is 0 Å². The largest absolute Gasteiger partial charge is 0.0591 e. The van der Waals surface area contributed by atoms with Crippen LogP contribution >= 0.6 is 0 Å². The van der Waals surface area contributed by atoms with Gasteiger partial charge in [0.05, 0.1) is 0 Å². The maximum Gasteiger partial charge on any atom is 0.00534 e. The third-order valence-electron chi connectivity index (χ3n) is 9.87. The smallest absolute Gasteiger partial charge is 0.00534 e. The van der Waals surface area contributed by atoms with Crippen LogP contribution in [0.5, 0.6) is 0 Å². The van der Waals surface area contributed by atoms with Crippen LogP contribution in [0.1, 0.15) is 73.6 Å². The summed E-state index contributed by atoms with van der Waals surface area (Å²) in [6, 6.07) is 0. The Morgan fingerprint density at radius 1 is 0.909 bits per heavy atom. The van der Waals surface area contributed by atoms with Gasteiger partial charge in [0.2, 0.25) is 0 Å². The normalized spacial score (nSPS) is 52.8. The molecule has 0 aromatic carbocycles. The molecule has 4 bridgehead atoms. The summed E-state index contributed by atoms with van der Waals surface area (Å²) in [6.45, 7) is 15.4. The standard InChI is InChI=1S/C22H32/c1-19(2)12-13-7-9-21(19,5)15-11-16-18(17(13)15)14-8-10-22(16,6)20(14,3)4/h11,13-14,17H,7-10,12H2,1-6H3/t13-,14-,17-,21+,22-/m0/s1. The Bertz CT molecular complexity index is 643. The van der Waals surface area contributed by atoms with Crippen molar-refractivity contribution in [1.82, 2.24) is 0 Å². The lowest BCUT2D eigenvalue weighted by molar-refractivity contribution is -0.0263. The lowest BCUT2D eigenvalue weighted by atomic mass is 9.44. The van der Waals surface area contributed by atoms with Gasteiger partial charge in [0.1, 0.15) is 0 Å². The fourth-order valence-electron chi connectivity index (χ4n) is 7.70.